The fourth-order valence-electron chi connectivity index (χ4n) is 1.56. The van der Waals surface area contributed by atoms with Gasteiger partial charge in [-0.25, -0.2) is 0 Å². The zero-order valence-corrected chi connectivity index (χ0v) is 11.6. The number of nitrogens with one attached hydrogen (secondary N) is 1. The van der Waals surface area contributed by atoms with Crippen LogP contribution in [0.4, 0.5) is 30.2 Å². The van der Waals surface area contributed by atoms with E-state index in [4.69, 9.17) is 5.73 Å². The molecule has 0 aliphatic carbocycles. The molecule has 2 aromatic carbocycles. The van der Waals surface area contributed by atoms with Crippen LogP contribution in [0.2, 0.25) is 0 Å². The molecule has 0 spiro atoms. The van der Waals surface area contributed by atoms with Gasteiger partial charge < -0.3 is 15.8 Å². The quantitative estimate of drug-likeness (QED) is 0.793. The van der Waals surface area contributed by atoms with Crippen LogP contribution in [-0.2, 0) is 0 Å². The van der Waals surface area contributed by atoms with Crippen molar-refractivity contribution in [2.75, 3.05) is 11.1 Å². The van der Waals surface area contributed by atoms with Gasteiger partial charge in [0, 0.05) is 10.2 Å². The molecule has 0 unspecified atom stereocenters. The summed E-state index contributed by atoms with van der Waals surface area (Å²) < 4.78 is 41.6. The van der Waals surface area contributed by atoms with Crippen LogP contribution in [-0.4, -0.2) is 6.36 Å². The molecule has 20 heavy (non-hydrogen) atoms. The number of benzene rings is 2. The average molecular weight is 347 g/mol. The fourth-order valence-corrected chi connectivity index (χ4v) is 2.06. The Bertz CT molecular complexity index is 617. The molecular weight excluding hydrogens is 337 g/mol. The van der Waals surface area contributed by atoms with Crippen LogP contribution >= 0.6 is 15.9 Å². The Hall–Kier alpha value is -1.89. The van der Waals surface area contributed by atoms with Gasteiger partial charge >= 0.3 is 6.36 Å². The molecule has 0 aliphatic heterocycles. The molecule has 3 N–H and O–H groups in total. The highest BCUT2D eigenvalue weighted by molar-refractivity contribution is 9.10. The van der Waals surface area contributed by atoms with Crippen LogP contribution in [0, 0.1) is 0 Å². The van der Waals surface area contributed by atoms with Gasteiger partial charge in [-0.1, -0.05) is 12.1 Å². The number of ether oxygens (including phenoxy) is 1. The standard InChI is InChI=1S/C13H10BrF3N2O/c14-9-7-8(18)5-6-10(9)19-11-3-1-2-4-12(11)20-13(15,16)17/h1-7,19H,18H2. The predicted octanol–water partition coefficient (Wildman–Crippen LogP) is 4.67. The first-order valence-corrected chi connectivity index (χ1v) is 6.31. The van der Waals surface area contributed by atoms with E-state index >= 15 is 0 Å². The van der Waals surface area contributed by atoms with E-state index in [1.165, 1.54) is 18.2 Å². The van der Waals surface area contributed by atoms with Gasteiger partial charge in [0.05, 0.1) is 11.4 Å². The maximum atomic E-state index is 12.3. The molecule has 0 heterocycles. The summed E-state index contributed by atoms with van der Waals surface area (Å²) in [6, 6.07) is 10.7. The molecule has 2 aromatic rings. The van der Waals surface area contributed by atoms with E-state index in [1.807, 2.05) is 0 Å². The molecule has 0 bridgehead atoms. The highest BCUT2D eigenvalue weighted by Gasteiger charge is 2.32. The van der Waals surface area contributed by atoms with Crippen LogP contribution in [0.3, 0.4) is 0 Å². The molecule has 0 amide bonds. The largest absolute Gasteiger partial charge is 0.573 e. The first-order valence-electron chi connectivity index (χ1n) is 5.52. The highest BCUT2D eigenvalue weighted by atomic mass is 79.9. The Morgan fingerprint density at radius 1 is 1.05 bits per heavy atom. The third kappa shape index (κ3) is 3.80. The van der Waals surface area contributed by atoms with Crippen LogP contribution < -0.4 is 15.8 Å². The Morgan fingerprint density at radius 2 is 1.75 bits per heavy atom. The monoisotopic (exact) mass is 346 g/mol. The predicted molar refractivity (Wildman–Crippen MR) is 75.0 cm³/mol. The van der Waals surface area contributed by atoms with Gasteiger partial charge in [0.15, 0.2) is 5.75 Å². The minimum Gasteiger partial charge on any atom is -0.404 e. The number of para-hydroxylation sites is 2. The number of anilines is 3. The second-order valence-electron chi connectivity index (χ2n) is 3.91. The fraction of sp³-hybridized carbons (Fsp3) is 0.0769. The minimum atomic E-state index is -4.74. The molecule has 0 atom stereocenters. The smallest absolute Gasteiger partial charge is 0.404 e. The van der Waals surface area contributed by atoms with Crippen molar-refractivity contribution in [1.82, 2.24) is 0 Å². The molecule has 0 saturated heterocycles. The van der Waals surface area contributed by atoms with Crippen LogP contribution in [0.5, 0.6) is 5.75 Å². The summed E-state index contributed by atoms with van der Waals surface area (Å²) in [4.78, 5) is 0. The van der Waals surface area contributed by atoms with E-state index in [1.54, 1.807) is 24.3 Å². The Balaban J connectivity index is 2.29. The van der Waals surface area contributed by atoms with Gasteiger partial charge in [0.25, 0.3) is 0 Å². The maximum Gasteiger partial charge on any atom is 0.573 e. The summed E-state index contributed by atoms with van der Waals surface area (Å²) in [7, 11) is 0. The lowest BCUT2D eigenvalue weighted by Gasteiger charge is -2.15. The highest BCUT2D eigenvalue weighted by Crippen LogP contribution is 2.34. The summed E-state index contributed by atoms with van der Waals surface area (Å²) >= 11 is 3.29. The van der Waals surface area contributed by atoms with Crippen molar-refractivity contribution in [1.29, 1.82) is 0 Å². The van der Waals surface area contributed by atoms with E-state index in [-0.39, 0.29) is 11.4 Å². The Labute approximate surface area is 121 Å². The Kier molecular flexibility index (Phi) is 4.08. The first-order chi connectivity index (χ1) is 9.35. The van der Waals surface area contributed by atoms with E-state index in [9.17, 15) is 13.2 Å². The molecule has 0 aliphatic rings. The van der Waals surface area contributed by atoms with E-state index < -0.39 is 6.36 Å². The lowest BCUT2D eigenvalue weighted by Crippen LogP contribution is -2.17. The maximum absolute atomic E-state index is 12.3. The third-order valence-electron chi connectivity index (χ3n) is 2.38. The number of nitrogen functional groups attached to an aromatic ring is 1. The van der Waals surface area contributed by atoms with Gasteiger partial charge in [0.2, 0.25) is 0 Å². The Morgan fingerprint density at radius 3 is 2.40 bits per heavy atom. The van der Waals surface area contributed by atoms with Crippen molar-refractivity contribution < 1.29 is 17.9 Å². The van der Waals surface area contributed by atoms with Gasteiger partial charge in [-0.15, -0.1) is 13.2 Å². The van der Waals surface area contributed by atoms with Gasteiger partial charge in [-0.3, -0.25) is 0 Å². The van der Waals surface area contributed by atoms with Crippen molar-refractivity contribution in [3.05, 3.63) is 46.9 Å². The first kappa shape index (κ1) is 14.5. The van der Waals surface area contributed by atoms with Crippen LogP contribution in [0.25, 0.3) is 0 Å². The van der Waals surface area contributed by atoms with Gasteiger partial charge in [-0.05, 0) is 46.3 Å². The number of nitrogens with two attached hydrogens (primary N) is 1. The summed E-state index contributed by atoms with van der Waals surface area (Å²) in [5, 5.41) is 2.86. The molecule has 3 nitrogen and oxygen atoms in total. The molecule has 7 heteroatoms. The minimum absolute atomic E-state index is 0.204. The second kappa shape index (κ2) is 5.62. The van der Waals surface area contributed by atoms with E-state index in [0.717, 1.165) is 0 Å². The van der Waals surface area contributed by atoms with Crippen molar-refractivity contribution in [2.24, 2.45) is 0 Å². The van der Waals surface area contributed by atoms with E-state index in [2.05, 4.69) is 26.0 Å². The normalized spacial score (nSPS) is 11.2. The molecular formula is C13H10BrF3N2O. The molecule has 2 rings (SSSR count). The van der Waals surface area contributed by atoms with Crippen molar-refractivity contribution in [3.63, 3.8) is 0 Å². The SMILES string of the molecule is Nc1ccc(Nc2ccccc2OC(F)(F)F)c(Br)c1. The number of hydrogen-bond donors (Lipinski definition) is 2. The molecule has 0 radical (unpaired) electrons. The summed E-state index contributed by atoms with van der Waals surface area (Å²) in [5.41, 5.74) is 6.93. The molecule has 0 fully saturated rings. The lowest BCUT2D eigenvalue weighted by atomic mass is 10.2. The number of alkyl halides is 3. The average Bonchev–Trinajstić information content (AvgIpc) is 2.33. The lowest BCUT2D eigenvalue weighted by molar-refractivity contribution is -0.274. The zero-order valence-electron chi connectivity index (χ0n) is 10.0. The zero-order chi connectivity index (χ0) is 14.8. The summed E-state index contributed by atoms with van der Waals surface area (Å²) in [6.45, 7) is 0. The summed E-state index contributed by atoms with van der Waals surface area (Å²) in [5.74, 6) is -0.302. The topological polar surface area (TPSA) is 47.3 Å². The third-order valence-corrected chi connectivity index (χ3v) is 3.03. The molecule has 0 aromatic heterocycles. The van der Waals surface area contributed by atoms with Crippen LogP contribution in [0.1, 0.15) is 0 Å². The number of halogens is 4. The number of hydrogen-bond acceptors (Lipinski definition) is 3. The molecule has 106 valence electrons. The second-order valence-corrected chi connectivity index (χ2v) is 4.76. The van der Waals surface area contributed by atoms with Crippen LogP contribution in [0.15, 0.2) is 46.9 Å². The van der Waals surface area contributed by atoms with Gasteiger partial charge in [0.1, 0.15) is 0 Å². The number of rotatable bonds is 3. The van der Waals surface area contributed by atoms with Gasteiger partial charge in [-0.2, -0.15) is 0 Å². The van der Waals surface area contributed by atoms with Crippen molar-refractivity contribution in [2.45, 2.75) is 6.36 Å². The summed E-state index contributed by atoms with van der Waals surface area (Å²) in [6.07, 6.45) is -4.74. The van der Waals surface area contributed by atoms with Crippen molar-refractivity contribution >= 4 is 33.0 Å². The van der Waals surface area contributed by atoms with E-state index in [0.29, 0.717) is 15.8 Å². The molecule has 0 saturated carbocycles. The van der Waals surface area contributed by atoms with Crippen molar-refractivity contribution in [3.8, 4) is 5.75 Å².